The molecule has 0 aliphatic rings. The van der Waals surface area contributed by atoms with Crippen molar-refractivity contribution in [3.8, 4) is 0 Å². The molecule has 0 fully saturated rings. The Bertz CT molecular complexity index is 1560. The number of halogens is 2. The standard InChI is InChI=1S/C31H25Cl2N3O3S/c1-20-6-5-9-25(16-20)34-29(37)19-40-26-14-12-24(13-15-26)35-31(39)28(17-22-10-11-23(32)18-27(22)33)36-30(38)21-7-3-2-4-8-21/h2-18H,19H2,1H3,(H,34,37)(H,35,39)(H,36,38)/b28-17-. The molecule has 0 atom stereocenters. The normalized spacial score (nSPS) is 11.0. The van der Waals surface area contributed by atoms with Crippen molar-refractivity contribution in [2.45, 2.75) is 11.8 Å². The first-order chi connectivity index (χ1) is 19.3. The monoisotopic (exact) mass is 589 g/mol. The number of nitrogens with one attached hydrogen (secondary N) is 3. The van der Waals surface area contributed by atoms with Crippen molar-refractivity contribution in [3.63, 3.8) is 0 Å². The van der Waals surface area contributed by atoms with Gasteiger partial charge in [-0.2, -0.15) is 0 Å². The Balaban J connectivity index is 1.43. The van der Waals surface area contributed by atoms with Crippen molar-refractivity contribution >= 4 is 70.1 Å². The molecule has 40 heavy (non-hydrogen) atoms. The molecule has 0 heterocycles. The number of anilines is 2. The smallest absolute Gasteiger partial charge is 0.272 e. The lowest BCUT2D eigenvalue weighted by molar-refractivity contribution is -0.114. The van der Waals surface area contributed by atoms with Crippen LogP contribution in [0.1, 0.15) is 21.5 Å². The van der Waals surface area contributed by atoms with Gasteiger partial charge >= 0.3 is 0 Å². The van der Waals surface area contributed by atoms with Crippen LogP contribution in [0.5, 0.6) is 0 Å². The van der Waals surface area contributed by atoms with Crippen molar-refractivity contribution in [1.82, 2.24) is 5.32 Å². The van der Waals surface area contributed by atoms with E-state index in [1.165, 1.54) is 17.8 Å². The van der Waals surface area contributed by atoms with Crippen LogP contribution in [0.15, 0.2) is 108 Å². The zero-order valence-electron chi connectivity index (χ0n) is 21.4. The zero-order chi connectivity index (χ0) is 28.5. The second-order valence-corrected chi connectivity index (χ2v) is 10.6. The molecule has 0 spiro atoms. The van der Waals surface area contributed by atoms with Gasteiger partial charge < -0.3 is 16.0 Å². The van der Waals surface area contributed by atoms with Crippen LogP contribution < -0.4 is 16.0 Å². The summed E-state index contributed by atoms with van der Waals surface area (Å²) in [5, 5.41) is 9.15. The van der Waals surface area contributed by atoms with E-state index in [9.17, 15) is 14.4 Å². The molecule has 0 aliphatic heterocycles. The van der Waals surface area contributed by atoms with E-state index in [2.05, 4.69) is 16.0 Å². The summed E-state index contributed by atoms with van der Waals surface area (Å²) in [6.45, 7) is 1.97. The third-order valence-corrected chi connectivity index (χ3v) is 7.15. The van der Waals surface area contributed by atoms with E-state index >= 15 is 0 Å². The first-order valence-electron chi connectivity index (χ1n) is 12.2. The minimum absolute atomic E-state index is 0.00402. The Morgan fingerprint density at radius 2 is 1.55 bits per heavy atom. The van der Waals surface area contributed by atoms with Gasteiger partial charge in [0, 0.05) is 31.9 Å². The number of rotatable bonds is 9. The number of benzene rings is 4. The first-order valence-corrected chi connectivity index (χ1v) is 13.9. The molecule has 0 saturated heterocycles. The van der Waals surface area contributed by atoms with Gasteiger partial charge in [0.25, 0.3) is 11.8 Å². The van der Waals surface area contributed by atoms with Gasteiger partial charge in [0.1, 0.15) is 5.70 Å². The van der Waals surface area contributed by atoms with Crippen LogP contribution in [0.4, 0.5) is 11.4 Å². The van der Waals surface area contributed by atoms with E-state index in [0.717, 1.165) is 16.1 Å². The van der Waals surface area contributed by atoms with E-state index in [0.29, 0.717) is 26.9 Å². The topological polar surface area (TPSA) is 87.3 Å². The highest BCUT2D eigenvalue weighted by Crippen LogP contribution is 2.24. The first kappa shape index (κ1) is 29.0. The predicted molar refractivity (Wildman–Crippen MR) is 164 cm³/mol. The fraction of sp³-hybridized carbons (Fsp3) is 0.0645. The van der Waals surface area contributed by atoms with Crippen LogP contribution in [-0.2, 0) is 9.59 Å². The summed E-state index contributed by atoms with van der Waals surface area (Å²) in [5.41, 5.74) is 3.25. The van der Waals surface area contributed by atoms with E-state index in [-0.39, 0.29) is 17.4 Å². The summed E-state index contributed by atoms with van der Waals surface area (Å²) >= 11 is 13.7. The minimum atomic E-state index is -0.534. The van der Waals surface area contributed by atoms with Crippen molar-refractivity contribution in [2.75, 3.05) is 16.4 Å². The van der Waals surface area contributed by atoms with Gasteiger partial charge in [-0.05, 0) is 84.8 Å². The fourth-order valence-electron chi connectivity index (χ4n) is 3.62. The molecule has 4 aromatic rings. The molecule has 6 nitrogen and oxygen atoms in total. The molecular weight excluding hydrogens is 565 g/mol. The molecular formula is C31H25Cl2N3O3S. The number of thioether (sulfide) groups is 1. The molecule has 4 aromatic carbocycles. The molecule has 0 bridgehead atoms. The Morgan fingerprint density at radius 3 is 2.25 bits per heavy atom. The third-order valence-electron chi connectivity index (χ3n) is 5.58. The number of hydrogen-bond donors (Lipinski definition) is 3. The third kappa shape index (κ3) is 8.48. The second kappa shape index (κ2) is 13.8. The Hall–Kier alpha value is -4.04. The van der Waals surface area contributed by atoms with E-state index in [1.807, 2.05) is 43.3 Å². The quantitative estimate of drug-likeness (QED) is 0.140. The highest BCUT2D eigenvalue weighted by atomic mass is 35.5. The molecule has 0 aromatic heterocycles. The van der Waals surface area contributed by atoms with E-state index < -0.39 is 11.8 Å². The second-order valence-electron chi connectivity index (χ2n) is 8.73. The Labute approximate surface area is 246 Å². The number of amides is 3. The average Bonchev–Trinajstić information content (AvgIpc) is 2.94. The lowest BCUT2D eigenvalue weighted by atomic mass is 10.1. The maximum atomic E-state index is 13.2. The summed E-state index contributed by atoms with van der Waals surface area (Å²) in [7, 11) is 0. The van der Waals surface area contributed by atoms with Crippen molar-refractivity contribution in [1.29, 1.82) is 0 Å². The summed E-state index contributed by atoms with van der Waals surface area (Å²) in [5.74, 6) is -0.853. The molecule has 202 valence electrons. The maximum Gasteiger partial charge on any atom is 0.272 e. The maximum absolute atomic E-state index is 13.2. The SMILES string of the molecule is Cc1cccc(NC(=O)CSc2ccc(NC(=O)/C(=C/c3ccc(Cl)cc3Cl)NC(=O)c3ccccc3)cc2)c1. The van der Waals surface area contributed by atoms with Gasteiger partial charge in [0.15, 0.2) is 0 Å². The van der Waals surface area contributed by atoms with Crippen LogP contribution in [0.3, 0.4) is 0 Å². The summed E-state index contributed by atoms with van der Waals surface area (Å²) in [6, 6.07) is 28.1. The van der Waals surface area contributed by atoms with Gasteiger partial charge in [-0.15, -0.1) is 11.8 Å². The van der Waals surface area contributed by atoms with Crippen LogP contribution in [0.25, 0.3) is 6.08 Å². The summed E-state index contributed by atoms with van der Waals surface area (Å²) < 4.78 is 0. The molecule has 9 heteroatoms. The number of aryl methyl sites for hydroxylation is 1. The number of hydrogen-bond acceptors (Lipinski definition) is 4. The molecule has 3 N–H and O–H groups in total. The molecule has 4 rings (SSSR count). The Kier molecular flexibility index (Phi) is 10.0. The van der Waals surface area contributed by atoms with Crippen molar-refractivity contribution in [2.24, 2.45) is 0 Å². The lowest BCUT2D eigenvalue weighted by Crippen LogP contribution is -2.30. The van der Waals surface area contributed by atoms with Gasteiger partial charge in [-0.1, -0.05) is 59.6 Å². The van der Waals surface area contributed by atoms with Crippen molar-refractivity contribution < 1.29 is 14.4 Å². The van der Waals surface area contributed by atoms with Gasteiger partial charge in [-0.3, -0.25) is 14.4 Å². The average molecular weight is 591 g/mol. The number of carbonyl (C=O) groups is 3. The zero-order valence-corrected chi connectivity index (χ0v) is 23.7. The predicted octanol–water partition coefficient (Wildman–Crippen LogP) is 7.44. The molecule has 0 aliphatic carbocycles. The van der Waals surface area contributed by atoms with Crippen molar-refractivity contribution in [3.05, 3.63) is 129 Å². The molecule has 3 amide bonds. The molecule has 0 saturated carbocycles. The van der Waals surface area contributed by atoms with Gasteiger partial charge in [0.05, 0.1) is 5.75 Å². The van der Waals surface area contributed by atoms with Crippen LogP contribution in [0, 0.1) is 6.92 Å². The van der Waals surface area contributed by atoms with Crippen LogP contribution >= 0.6 is 35.0 Å². The largest absolute Gasteiger partial charge is 0.325 e. The van der Waals surface area contributed by atoms with Gasteiger partial charge in [-0.25, -0.2) is 0 Å². The van der Waals surface area contributed by atoms with Crippen LogP contribution in [0.2, 0.25) is 10.0 Å². The van der Waals surface area contributed by atoms with E-state index in [4.69, 9.17) is 23.2 Å². The number of carbonyl (C=O) groups excluding carboxylic acids is 3. The van der Waals surface area contributed by atoms with E-state index in [1.54, 1.807) is 60.7 Å². The summed E-state index contributed by atoms with van der Waals surface area (Å²) in [6.07, 6.45) is 1.49. The minimum Gasteiger partial charge on any atom is -0.325 e. The highest BCUT2D eigenvalue weighted by molar-refractivity contribution is 8.00. The lowest BCUT2D eigenvalue weighted by Gasteiger charge is -2.12. The fourth-order valence-corrected chi connectivity index (χ4v) is 4.78. The molecule has 0 radical (unpaired) electrons. The molecule has 0 unspecified atom stereocenters. The highest BCUT2D eigenvalue weighted by Gasteiger charge is 2.16. The van der Waals surface area contributed by atoms with Crippen LogP contribution in [-0.4, -0.2) is 23.5 Å². The van der Waals surface area contributed by atoms with Gasteiger partial charge in [0.2, 0.25) is 5.91 Å². The summed E-state index contributed by atoms with van der Waals surface area (Å²) in [4.78, 5) is 39.2. The Morgan fingerprint density at radius 1 is 0.800 bits per heavy atom.